The van der Waals surface area contributed by atoms with E-state index in [1.54, 1.807) is 24.3 Å². The number of nitrogens with one attached hydrogen (secondary N) is 1. The maximum atomic E-state index is 13.3. The van der Waals surface area contributed by atoms with Gasteiger partial charge in [-0.05, 0) is 54.9 Å². The van der Waals surface area contributed by atoms with E-state index in [4.69, 9.17) is 16.3 Å². The SMILES string of the molecule is C=CCOc1cccc(N(C(C)C(=O)Cl)S(=O)(=O)c2ccc(NC(C)=O)cc2)c1. The van der Waals surface area contributed by atoms with Gasteiger partial charge < -0.3 is 10.1 Å². The highest BCUT2D eigenvalue weighted by Crippen LogP contribution is 2.30. The predicted octanol–water partition coefficient (Wildman–Crippen LogP) is 3.56. The van der Waals surface area contributed by atoms with E-state index in [9.17, 15) is 18.0 Å². The molecule has 0 saturated carbocycles. The molecule has 0 saturated heterocycles. The fourth-order valence-electron chi connectivity index (χ4n) is 2.56. The number of benzene rings is 2. The summed E-state index contributed by atoms with van der Waals surface area (Å²) < 4.78 is 33.0. The Kier molecular flexibility index (Phi) is 7.41. The summed E-state index contributed by atoms with van der Waals surface area (Å²) in [5.74, 6) is 0.137. The number of hydrogen-bond donors (Lipinski definition) is 1. The Morgan fingerprint density at radius 2 is 1.90 bits per heavy atom. The second kappa shape index (κ2) is 9.58. The molecule has 29 heavy (non-hydrogen) atoms. The Morgan fingerprint density at radius 1 is 1.24 bits per heavy atom. The van der Waals surface area contributed by atoms with Crippen molar-refractivity contribution in [3.05, 3.63) is 61.2 Å². The lowest BCUT2D eigenvalue weighted by Crippen LogP contribution is -2.42. The minimum absolute atomic E-state index is 0.0613. The highest BCUT2D eigenvalue weighted by atomic mass is 35.5. The molecule has 154 valence electrons. The van der Waals surface area contributed by atoms with Crippen LogP contribution < -0.4 is 14.4 Å². The van der Waals surface area contributed by atoms with Gasteiger partial charge in [0.2, 0.25) is 11.1 Å². The van der Waals surface area contributed by atoms with Crippen molar-refractivity contribution in [1.82, 2.24) is 0 Å². The van der Waals surface area contributed by atoms with E-state index in [2.05, 4.69) is 11.9 Å². The summed E-state index contributed by atoms with van der Waals surface area (Å²) in [5, 5.41) is 1.73. The van der Waals surface area contributed by atoms with Crippen LogP contribution in [0.4, 0.5) is 11.4 Å². The van der Waals surface area contributed by atoms with Crippen LogP contribution in [0.5, 0.6) is 5.75 Å². The number of amides is 1. The standard InChI is InChI=1S/C20H21ClN2O5S/c1-4-12-28-18-7-5-6-17(13-18)23(14(2)20(21)25)29(26,27)19-10-8-16(9-11-19)22-15(3)24/h4-11,13-14H,1,12H2,2-3H3,(H,22,24). The summed E-state index contributed by atoms with van der Waals surface area (Å²) in [5.41, 5.74) is 0.670. The number of carbonyl (C=O) groups excluding carboxylic acids is 2. The first-order valence-electron chi connectivity index (χ1n) is 8.62. The van der Waals surface area contributed by atoms with E-state index in [0.29, 0.717) is 11.4 Å². The Labute approximate surface area is 175 Å². The molecule has 0 bridgehead atoms. The Morgan fingerprint density at radius 3 is 2.45 bits per heavy atom. The third kappa shape index (κ3) is 5.58. The fourth-order valence-corrected chi connectivity index (χ4v) is 4.32. The zero-order valence-electron chi connectivity index (χ0n) is 16.0. The predicted molar refractivity (Wildman–Crippen MR) is 113 cm³/mol. The topological polar surface area (TPSA) is 92.8 Å². The highest BCUT2D eigenvalue weighted by molar-refractivity contribution is 7.93. The van der Waals surface area contributed by atoms with E-state index >= 15 is 0 Å². The number of nitrogens with zero attached hydrogens (tertiary/aromatic N) is 1. The number of anilines is 2. The van der Waals surface area contributed by atoms with Crippen LogP contribution >= 0.6 is 11.6 Å². The Bertz CT molecular complexity index is 1010. The van der Waals surface area contributed by atoms with Crippen molar-refractivity contribution >= 4 is 44.1 Å². The first-order chi connectivity index (χ1) is 13.7. The molecule has 1 amide bonds. The fraction of sp³-hybridized carbons (Fsp3) is 0.200. The largest absolute Gasteiger partial charge is 0.489 e. The maximum Gasteiger partial charge on any atom is 0.265 e. The van der Waals surface area contributed by atoms with E-state index in [1.807, 2.05) is 0 Å². The normalized spacial score (nSPS) is 12.0. The van der Waals surface area contributed by atoms with Crippen molar-refractivity contribution in [1.29, 1.82) is 0 Å². The van der Waals surface area contributed by atoms with Gasteiger partial charge in [0.25, 0.3) is 10.0 Å². The monoisotopic (exact) mass is 436 g/mol. The molecular weight excluding hydrogens is 416 g/mol. The van der Waals surface area contributed by atoms with Crippen LogP contribution in [-0.4, -0.2) is 32.2 Å². The van der Waals surface area contributed by atoms with E-state index < -0.39 is 21.3 Å². The van der Waals surface area contributed by atoms with Crippen LogP contribution in [0.15, 0.2) is 66.1 Å². The Hall–Kier alpha value is -2.84. The highest BCUT2D eigenvalue weighted by Gasteiger charge is 2.33. The second-order valence-corrected chi connectivity index (χ2v) is 8.27. The lowest BCUT2D eigenvalue weighted by molar-refractivity contribution is -0.114. The zero-order chi connectivity index (χ0) is 21.6. The summed E-state index contributed by atoms with van der Waals surface area (Å²) in [6, 6.07) is 10.8. The smallest absolute Gasteiger partial charge is 0.265 e. The molecule has 0 radical (unpaired) electrons. The van der Waals surface area contributed by atoms with E-state index in [0.717, 1.165) is 4.31 Å². The molecule has 2 aromatic rings. The van der Waals surface area contributed by atoms with Gasteiger partial charge >= 0.3 is 0 Å². The van der Waals surface area contributed by atoms with Gasteiger partial charge in [-0.3, -0.25) is 13.9 Å². The van der Waals surface area contributed by atoms with Gasteiger partial charge in [-0.15, -0.1) is 0 Å². The van der Waals surface area contributed by atoms with Gasteiger partial charge in [0.1, 0.15) is 18.4 Å². The third-order valence-electron chi connectivity index (χ3n) is 3.85. The van der Waals surface area contributed by atoms with Crippen molar-refractivity contribution in [2.45, 2.75) is 24.8 Å². The molecule has 0 spiro atoms. The molecule has 0 aliphatic rings. The summed E-state index contributed by atoms with van der Waals surface area (Å²) in [4.78, 5) is 22.9. The minimum atomic E-state index is -4.14. The van der Waals surface area contributed by atoms with Crippen molar-refractivity contribution in [3.63, 3.8) is 0 Å². The first kappa shape index (κ1) is 22.4. The number of carbonyl (C=O) groups is 2. The van der Waals surface area contributed by atoms with Gasteiger partial charge in [-0.2, -0.15) is 0 Å². The molecule has 2 rings (SSSR count). The lowest BCUT2D eigenvalue weighted by Gasteiger charge is -2.28. The third-order valence-corrected chi connectivity index (χ3v) is 6.08. The average Bonchev–Trinajstić information content (AvgIpc) is 2.66. The molecular formula is C20H21ClN2O5S. The van der Waals surface area contributed by atoms with Crippen LogP contribution in [0.2, 0.25) is 0 Å². The van der Waals surface area contributed by atoms with Crippen molar-refractivity contribution in [2.75, 3.05) is 16.2 Å². The zero-order valence-corrected chi connectivity index (χ0v) is 17.5. The number of sulfonamides is 1. The summed E-state index contributed by atoms with van der Waals surface area (Å²) in [6.45, 7) is 6.56. The van der Waals surface area contributed by atoms with Gasteiger partial charge in [0, 0.05) is 18.7 Å². The molecule has 2 aromatic carbocycles. The number of rotatable bonds is 9. The van der Waals surface area contributed by atoms with Crippen molar-refractivity contribution in [3.8, 4) is 5.75 Å². The van der Waals surface area contributed by atoms with Gasteiger partial charge in [-0.1, -0.05) is 18.7 Å². The molecule has 0 fully saturated rings. The molecule has 1 atom stereocenters. The average molecular weight is 437 g/mol. The second-order valence-electron chi connectivity index (χ2n) is 6.08. The summed E-state index contributed by atoms with van der Waals surface area (Å²) in [6.07, 6.45) is 1.56. The van der Waals surface area contributed by atoms with Crippen molar-refractivity contribution in [2.24, 2.45) is 0 Å². The molecule has 7 nitrogen and oxygen atoms in total. The van der Waals surface area contributed by atoms with Gasteiger partial charge in [-0.25, -0.2) is 8.42 Å². The molecule has 1 N–H and O–H groups in total. The summed E-state index contributed by atoms with van der Waals surface area (Å²) in [7, 11) is -4.14. The molecule has 1 unspecified atom stereocenters. The molecule has 0 aromatic heterocycles. The van der Waals surface area contributed by atoms with Crippen LogP contribution in [0.1, 0.15) is 13.8 Å². The summed E-state index contributed by atoms with van der Waals surface area (Å²) >= 11 is 5.64. The van der Waals surface area contributed by atoms with Crippen molar-refractivity contribution < 1.29 is 22.7 Å². The molecule has 0 aliphatic heterocycles. The van der Waals surface area contributed by atoms with Crippen LogP contribution in [0.25, 0.3) is 0 Å². The quantitative estimate of drug-likeness (QED) is 0.479. The Balaban J connectivity index is 2.50. The lowest BCUT2D eigenvalue weighted by atomic mass is 10.2. The number of hydrogen-bond acceptors (Lipinski definition) is 5. The van der Waals surface area contributed by atoms with Gasteiger partial charge in [0.05, 0.1) is 10.6 Å². The van der Waals surface area contributed by atoms with Gasteiger partial charge in [0.15, 0.2) is 0 Å². The minimum Gasteiger partial charge on any atom is -0.489 e. The van der Waals surface area contributed by atoms with Crippen LogP contribution in [-0.2, 0) is 19.6 Å². The van der Waals surface area contributed by atoms with E-state index in [1.165, 1.54) is 44.2 Å². The molecule has 0 heterocycles. The van der Waals surface area contributed by atoms with Crippen LogP contribution in [0, 0.1) is 0 Å². The molecule has 9 heteroatoms. The number of ether oxygens (including phenoxy) is 1. The number of halogens is 1. The maximum absolute atomic E-state index is 13.3. The molecule has 0 aliphatic carbocycles. The van der Waals surface area contributed by atoms with Crippen LogP contribution in [0.3, 0.4) is 0 Å². The van der Waals surface area contributed by atoms with E-state index in [-0.39, 0.29) is 23.1 Å². The first-order valence-corrected chi connectivity index (χ1v) is 10.4.